The maximum atomic E-state index is 9.87. The van der Waals surface area contributed by atoms with Crippen LogP contribution in [-0.4, -0.2) is 17.8 Å². The summed E-state index contributed by atoms with van der Waals surface area (Å²) in [6.45, 7) is 4.36. The molecule has 3 N–H and O–H groups in total. The molecule has 0 aliphatic heterocycles. The number of nitrogens with two attached hydrogens (primary N) is 1. The van der Waals surface area contributed by atoms with Crippen LogP contribution in [-0.2, 0) is 6.42 Å². The Kier molecular flexibility index (Phi) is 3.52. The highest BCUT2D eigenvalue weighted by molar-refractivity contribution is 7.17. The van der Waals surface area contributed by atoms with Gasteiger partial charge in [-0.3, -0.25) is 0 Å². The van der Waals surface area contributed by atoms with E-state index >= 15 is 0 Å². The van der Waals surface area contributed by atoms with Gasteiger partial charge in [-0.05, 0) is 35.7 Å². The fourth-order valence-electron chi connectivity index (χ4n) is 2.00. The molecule has 2 unspecified atom stereocenters. The van der Waals surface area contributed by atoms with Gasteiger partial charge in [-0.25, -0.2) is 0 Å². The third-order valence-corrected chi connectivity index (χ3v) is 4.64. The number of aliphatic hydroxyl groups excluding tert-OH is 1. The van der Waals surface area contributed by atoms with Crippen molar-refractivity contribution in [2.24, 2.45) is 11.1 Å². The number of fused-ring (bicyclic) bond motifs is 1. The summed E-state index contributed by atoms with van der Waals surface area (Å²) < 4.78 is 1.30. The summed E-state index contributed by atoms with van der Waals surface area (Å²) in [6, 6.07) is 8.38. The van der Waals surface area contributed by atoms with Gasteiger partial charge >= 0.3 is 0 Å². The van der Waals surface area contributed by atoms with Crippen LogP contribution in [0.15, 0.2) is 29.6 Å². The Morgan fingerprint density at radius 3 is 2.76 bits per heavy atom. The lowest BCUT2D eigenvalue weighted by atomic mass is 9.79. The Bertz CT molecular complexity index is 506. The van der Waals surface area contributed by atoms with Crippen molar-refractivity contribution in [3.8, 4) is 0 Å². The smallest absolute Gasteiger partial charge is 0.0580 e. The van der Waals surface area contributed by atoms with Gasteiger partial charge in [0.25, 0.3) is 0 Å². The fourth-order valence-corrected chi connectivity index (χ4v) is 2.96. The monoisotopic (exact) mass is 249 g/mol. The third-order valence-electron chi connectivity index (χ3n) is 3.63. The van der Waals surface area contributed by atoms with Gasteiger partial charge < -0.3 is 10.8 Å². The second-order valence-electron chi connectivity index (χ2n) is 4.97. The van der Waals surface area contributed by atoms with Gasteiger partial charge in [-0.2, -0.15) is 0 Å². The maximum absolute atomic E-state index is 9.87. The fraction of sp³-hybridized carbons (Fsp3) is 0.429. The van der Waals surface area contributed by atoms with Gasteiger partial charge in [0.2, 0.25) is 0 Å². The number of rotatable bonds is 4. The first-order valence-corrected chi connectivity index (χ1v) is 6.78. The third kappa shape index (κ3) is 2.37. The average Bonchev–Trinajstić information content (AvgIpc) is 2.72. The van der Waals surface area contributed by atoms with E-state index in [0.717, 1.165) is 6.42 Å². The second kappa shape index (κ2) is 4.77. The van der Waals surface area contributed by atoms with Crippen LogP contribution in [0.5, 0.6) is 0 Å². The van der Waals surface area contributed by atoms with Crippen LogP contribution in [0.1, 0.15) is 19.4 Å². The van der Waals surface area contributed by atoms with Gasteiger partial charge in [-0.15, -0.1) is 11.3 Å². The molecule has 3 heteroatoms. The van der Waals surface area contributed by atoms with Crippen LogP contribution in [0.3, 0.4) is 0 Å². The lowest BCUT2D eigenvalue weighted by molar-refractivity contribution is 0.0592. The van der Waals surface area contributed by atoms with Crippen LogP contribution >= 0.6 is 11.3 Å². The highest BCUT2D eigenvalue weighted by Crippen LogP contribution is 2.32. The first kappa shape index (κ1) is 12.6. The molecular formula is C14H19NOS. The van der Waals surface area contributed by atoms with Gasteiger partial charge in [0.05, 0.1) is 6.10 Å². The summed E-state index contributed by atoms with van der Waals surface area (Å²) in [5.74, 6) is 0. The number of hydrogen-bond donors (Lipinski definition) is 2. The second-order valence-corrected chi connectivity index (χ2v) is 5.88. The Hall–Kier alpha value is -0.900. The standard InChI is InChI=1S/C14H19NOS/c1-10(16)14(2,9-15)7-11-8-17-13-6-4-3-5-12(11)13/h3-6,8,10,16H,7,9,15H2,1-2H3. The van der Waals surface area contributed by atoms with Gasteiger partial charge in [0, 0.05) is 16.7 Å². The SMILES string of the molecule is CC(O)C(C)(CN)Cc1csc2ccccc12. The zero-order valence-electron chi connectivity index (χ0n) is 10.3. The Labute approximate surface area is 106 Å². The van der Waals surface area contributed by atoms with Crippen molar-refractivity contribution in [3.63, 3.8) is 0 Å². The molecule has 0 bridgehead atoms. The van der Waals surface area contributed by atoms with Crippen molar-refractivity contribution in [2.75, 3.05) is 6.54 Å². The van der Waals surface area contributed by atoms with Crippen molar-refractivity contribution < 1.29 is 5.11 Å². The summed E-state index contributed by atoms with van der Waals surface area (Å²) >= 11 is 1.75. The van der Waals surface area contributed by atoms with E-state index in [9.17, 15) is 5.11 Å². The lowest BCUT2D eigenvalue weighted by Gasteiger charge is -2.31. The topological polar surface area (TPSA) is 46.2 Å². The largest absolute Gasteiger partial charge is 0.393 e. The molecule has 0 saturated heterocycles. The van der Waals surface area contributed by atoms with Crippen LogP contribution in [0.25, 0.3) is 10.1 Å². The Balaban J connectivity index is 2.35. The molecule has 0 aliphatic carbocycles. The summed E-state index contributed by atoms with van der Waals surface area (Å²) in [5.41, 5.74) is 6.86. The molecule has 0 fully saturated rings. The molecule has 1 aromatic heterocycles. The summed E-state index contributed by atoms with van der Waals surface area (Å²) in [5, 5.41) is 13.3. The van der Waals surface area contributed by atoms with Gasteiger partial charge in [-0.1, -0.05) is 25.1 Å². The number of thiophene rings is 1. The van der Waals surface area contributed by atoms with Crippen molar-refractivity contribution in [3.05, 3.63) is 35.2 Å². The Morgan fingerprint density at radius 1 is 1.41 bits per heavy atom. The number of hydrogen-bond acceptors (Lipinski definition) is 3. The van der Waals surface area contributed by atoms with Crippen molar-refractivity contribution in [2.45, 2.75) is 26.4 Å². The predicted molar refractivity (Wildman–Crippen MR) is 74.4 cm³/mol. The molecule has 2 aromatic rings. The first-order valence-electron chi connectivity index (χ1n) is 5.90. The van der Waals surface area contributed by atoms with Crippen molar-refractivity contribution in [1.82, 2.24) is 0 Å². The van der Waals surface area contributed by atoms with Crippen molar-refractivity contribution in [1.29, 1.82) is 0 Å². The molecule has 0 radical (unpaired) electrons. The highest BCUT2D eigenvalue weighted by Gasteiger charge is 2.29. The van der Waals surface area contributed by atoms with E-state index in [2.05, 4.69) is 29.6 Å². The summed E-state index contributed by atoms with van der Waals surface area (Å²) in [7, 11) is 0. The van der Waals surface area contributed by atoms with E-state index in [1.807, 2.05) is 13.8 Å². The minimum absolute atomic E-state index is 0.246. The van der Waals surface area contributed by atoms with Crippen LogP contribution in [0, 0.1) is 5.41 Å². The first-order chi connectivity index (χ1) is 8.07. The summed E-state index contributed by atoms with van der Waals surface area (Å²) in [6.07, 6.45) is 0.428. The van der Waals surface area contributed by atoms with E-state index in [-0.39, 0.29) is 5.41 Å². The molecule has 17 heavy (non-hydrogen) atoms. The molecule has 2 atom stereocenters. The van der Waals surface area contributed by atoms with E-state index in [0.29, 0.717) is 6.54 Å². The predicted octanol–water partition coefficient (Wildman–Crippen LogP) is 2.79. The van der Waals surface area contributed by atoms with E-state index < -0.39 is 6.10 Å². The molecular weight excluding hydrogens is 230 g/mol. The molecule has 2 nitrogen and oxygen atoms in total. The molecule has 0 aliphatic rings. The van der Waals surface area contributed by atoms with Gasteiger partial charge in [0.1, 0.15) is 0 Å². The molecule has 0 spiro atoms. The minimum Gasteiger partial charge on any atom is -0.393 e. The normalized spacial score (nSPS) is 16.9. The Morgan fingerprint density at radius 2 is 2.12 bits per heavy atom. The minimum atomic E-state index is -0.397. The van der Waals surface area contributed by atoms with E-state index in [1.54, 1.807) is 11.3 Å². The molecule has 1 heterocycles. The van der Waals surface area contributed by atoms with Crippen molar-refractivity contribution >= 4 is 21.4 Å². The lowest BCUT2D eigenvalue weighted by Crippen LogP contribution is -2.39. The zero-order valence-corrected chi connectivity index (χ0v) is 11.1. The van der Waals surface area contributed by atoms with E-state index in [4.69, 9.17) is 5.73 Å². The zero-order chi connectivity index (χ0) is 12.5. The van der Waals surface area contributed by atoms with Crippen LogP contribution < -0.4 is 5.73 Å². The molecule has 92 valence electrons. The number of aliphatic hydroxyl groups is 1. The van der Waals surface area contributed by atoms with Crippen LogP contribution in [0.2, 0.25) is 0 Å². The average molecular weight is 249 g/mol. The van der Waals surface area contributed by atoms with Gasteiger partial charge in [0.15, 0.2) is 0 Å². The summed E-state index contributed by atoms with van der Waals surface area (Å²) in [4.78, 5) is 0. The maximum Gasteiger partial charge on any atom is 0.0580 e. The van der Waals surface area contributed by atoms with Crippen LogP contribution in [0.4, 0.5) is 0 Å². The molecule has 2 rings (SSSR count). The molecule has 1 aromatic carbocycles. The van der Waals surface area contributed by atoms with E-state index in [1.165, 1.54) is 15.6 Å². The quantitative estimate of drug-likeness (QED) is 0.875. The molecule has 0 amide bonds. The number of benzene rings is 1. The highest BCUT2D eigenvalue weighted by atomic mass is 32.1. The molecule has 0 saturated carbocycles.